The molecule has 1 fully saturated rings. The summed E-state index contributed by atoms with van der Waals surface area (Å²) in [6.07, 6.45) is 4.36. The average Bonchev–Trinajstić information content (AvgIpc) is 2.78. The minimum atomic E-state index is -2.78. The minimum Gasteiger partial charge on any atom is -0.435 e. The Morgan fingerprint density at radius 3 is 2.59 bits per heavy atom. The van der Waals surface area contributed by atoms with E-state index in [0.717, 1.165) is 31.2 Å². The van der Waals surface area contributed by atoms with E-state index in [1.54, 1.807) is 18.2 Å². The third kappa shape index (κ3) is 2.57. The minimum absolute atomic E-state index is 0.0402. The van der Waals surface area contributed by atoms with E-state index in [1.807, 2.05) is 6.07 Å². The van der Waals surface area contributed by atoms with Crippen LogP contribution in [0.15, 0.2) is 24.3 Å². The summed E-state index contributed by atoms with van der Waals surface area (Å²) in [5, 5.41) is 0. The number of benzene rings is 1. The molecule has 0 aliphatic heterocycles. The van der Waals surface area contributed by atoms with E-state index in [-0.39, 0.29) is 11.2 Å². The fourth-order valence-electron chi connectivity index (χ4n) is 2.66. The molecule has 0 radical (unpaired) electrons. The lowest BCUT2D eigenvalue weighted by molar-refractivity contribution is -0.0499. The predicted molar refractivity (Wildman–Crippen MR) is 62.3 cm³/mol. The number of nitrogens with two attached hydrogens (primary N) is 1. The molecule has 0 atom stereocenters. The quantitative estimate of drug-likeness (QED) is 0.879. The maximum atomic E-state index is 12.2. The van der Waals surface area contributed by atoms with Crippen molar-refractivity contribution in [3.8, 4) is 5.75 Å². The molecule has 1 aliphatic carbocycles. The van der Waals surface area contributed by atoms with E-state index in [4.69, 9.17) is 5.73 Å². The van der Waals surface area contributed by atoms with E-state index in [0.29, 0.717) is 6.54 Å². The van der Waals surface area contributed by atoms with Gasteiger partial charge in [-0.15, -0.1) is 0 Å². The molecule has 0 heterocycles. The molecule has 0 unspecified atom stereocenters. The second-order valence-electron chi connectivity index (χ2n) is 4.60. The summed E-state index contributed by atoms with van der Waals surface area (Å²) in [5.74, 6) is 0.220. The number of halogens is 2. The molecule has 1 saturated carbocycles. The van der Waals surface area contributed by atoms with Crippen molar-refractivity contribution in [1.82, 2.24) is 0 Å². The summed E-state index contributed by atoms with van der Waals surface area (Å²) < 4.78 is 28.7. The van der Waals surface area contributed by atoms with Gasteiger partial charge in [0.15, 0.2) is 0 Å². The summed E-state index contributed by atoms with van der Waals surface area (Å²) in [6, 6.07) is 6.96. The van der Waals surface area contributed by atoms with Gasteiger partial charge in [-0.1, -0.05) is 25.0 Å². The van der Waals surface area contributed by atoms with Gasteiger partial charge in [-0.3, -0.25) is 0 Å². The average molecular weight is 241 g/mol. The highest BCUT2D eigenvalue weighted by molar-refractivity contribution is 5.35. The van der Waals surface area contributed by atoms with E-state index in [2.05, 4.69) is 4.74 Å². The Balaban J connectivity index is 2.25. The third-order valence-electron chi connectivity index (χ3n) is 3.62. The first-order valence-electron chi connectivity index (χ1n) is 5.92. The highest BCUT2D eigenvalue weighted by atomic mass is 19.3. The van der Waals surface area contributed by atoms with Gasteiger partial charge in [0.05, 0.1) is 0 Å². The Bertz CT molecular complexity index is 375. The van der Waals surface area contributed by atoms with Crippen LogP contribution in [0.25, 0.3) is 0 Å². The second-order valence-corrected chi connectivity index (χ2v) is 4.60. The maximum absolute atomic E-state index is 12.2. The van der Waals surface area contributed by atoms with Crippen LogP contribution in [0.1, 0.15) is 31.2 Å². The highest BCUT2D eigenvalue weighted by Crippen LogP contribution is 2.41. The summed E-state index contributed by atoms with van der Waals surface area (Å²) in [4.78, 5) is 0. The van der Waals surface area contributed by atoms with Gasteiger partial charge in [0.1, 0.15) is 5.75 Å². The number of hydrogen-bond acceptors (Lipinski definition) is 2. The predicted octanol–water partition coefficient (Wildman–Crippen LogP) is 3.06. The summed E-state index contributed by atoms with van der Waals surface area (Å²) in [7, 11) is 0. The third-order valence-corrected chi connectivity index (χ3v) is 3.62. The van der Waals surface area contributed by atoms with Gasteiger partial charge >= 0.3 is 6.61 Å². The largest absolute Gasteiger partial charge is 0.435 e. The van der Waals surface area contributed by atoms with Crippen LogP contribution in [0.3, 0.4) is 0 Å². The van der Waals surface area contributed by atoms with Gasteiger partial charge in [-0.25, -0.2) is 0 Å². The van der Waals surface area contributed by atoms with E-state index < -0.39 is 6.61 Å². The van der Waals surface area contributed by atoms with Gasteiger partial charge in [0.25, 0.3) is 0 Å². The Morgan fingerprint density at radius 1 is 1.29 bits per heavy atom. The Hall–Kier alpha value is -1.16. The molecular weight excluding hydrogens is 224 g/mol. The fraction of sp³-hybridized carbons (Fsp3) is 0.538. The normalized spacial score (nSPS) is 18.6. The topological polar surface area (TPSA) is 35.2 Å². The van der Waals surface area contributed by atoms with Crippen molar-refractivity contribution in [2.45, 2.75) is 37.7 Å². The zero-order chi connectivity index (χ0) is 12.3. The SMILES string of the molecule is NCC1(c2cccc(OC(F)F)c2)CCCC1. The highest BCUT2D eigenvalue weighted by Gasteiger charge is 2.34. The number of ether oxygens (including phenoxy) is 1. The second kappa shape index (κ2) is 5.00. The molecule has 0 spiro atoms. The van der Waals surface area contributed by atoms with Crippen molar-refractivity contribution < 1.29 is 13.5 Å². The van der Waals surface area contributed by atoms with Crippen molar-refractivity contribution in [3.05, 3.63) is 29.8 Å². The molecule has 0 saturated heterocycles. The number of alkyl halides is 2. The number of hydrogen-bond donors (Lipinski definition) is 1. The monoisotopic (exact) mass is 241 g/mol. The van der Waals surface area contributed by atoms with Gasteiger partial charge in [0, 0.05) is 12.0 Å². The first-order valence-corrected chi connectivity index (χ1v) is 5.92. The van der Waals surface area contributed by atoms with Gasteiger partial charge in [0.2, 0.25) is 0 Å². The van der Waals surface area contributed by atoms with E-state index in [1.165, 1.54) is 0 Å². The lowest BCUT2D eigenvalue weighted by Gasteiger charge is -2.28. The lowest BCUT2D eigenvalue weighted by atomic mass is 9.79. The molecular formula is C13H17F2NO. The molecule has 2 nitrogen and oxygen atoms in total. The summed E-state index contributed by atoms with van der Waals surface area (Å²) in [5.41, 5.74) is 6.85. The molecule has 2 N–H and O–H groups in total. The van der Waals surface area contributed by atoms with Crippen LogP contribution in [0.4, 0.5) is 8.78 Å². The fourth-order valence-corrected chi connectivity index (χ4v) is 2.66. The van der Waals surface area contributed by atoms with Crippen LogP contribution in [0.5, 0.6) is 5.75 Å². The van der Waals surface area contributed by atoms with Crippen molar-refractivity contribution in [3.63, 3.8) is 0 Å². The van der Waals surface area contributed by atoms with Crippen molar-refractivity contribution in [2.75, 3.05) is 6.54 Å². The van der Waals surface area contributed by atoms with Crippen LogP contribution in [0, 0.1) is 0 Å². The van der Waals surface area contributed by atoms with Crippen LogP contribution in [-0.4, -0.2) is 13.2 Å². The molecule has 0 amide bonds. The first kappa shape index (κ1) is 12.3. The molecule has 0 bridgehead atoms. The van der Waals surface area contributed by atoms with Crippen LogP contribution in [-0.2, 0) is 5.41 Å². The Labute approximate surface area is 99.8 Å². The van der Waals surface area contributed by atoms with Gasteiger partial charge < -0.3 is 10.5 Å². The molecule has 1 aromatic carbocycles. The summed E-state index contributed by atoms with van der Waals surface area (Å²) >= 11 is 0. The molecule has 1 aromatic rings. The van der Waals surface area contributed by atoms with E-state index >= 15 is 0 Å². The zero-order valence-electron chi connectivity index (χ0n) is 9.66. The van der Waals surface area contributed by atoms with Crippen molar-refractivity contribution in [2.24, 2.45) is 5.73 Å². The van der Waals surface area contributed by atoms with Crippen LogP contribution in [0.2, 0.25) is 0 Å². The molecule has 17 heavy (non-hydrogen) atoms. The van der Waals surface area contributed by atoms with Crippen LogP contribution >= 0.6 is 0 Å². The lowest BCUT2D eigenvalue weighted by Crippen LogP contribution is -2.31. The standard InChI is InChI=1S/C13H17F2NO/c14-12(15)17-11-5-3-4-10(8-11)13(9-16)6-1-2-7-13/h3-5,8,12H,1-2,6-7,9,16H2. The first-order chi connectivity index (χ1) is 8.16. The molecule has 4 heteroatoms. The maximum Gasteiger partial charge on any atom is 0.387 e. The summed E-state index contributed by atoms with van der Waals surface area (Å²) in [6.45, 7) is -2.21. The van der Waals surface area contributed by atoms with Gasteiger partial charge in [-0.2, -0.15) is 8.78 Å². The Morgan fingerprint density at radius 2 is 2.00 bits per heavy atom. The molecule has 2 rings (SSSR count). The number of rotatable bonds is 4. The zero-order valence-corrected chi connectivity index (χ0v) is 9.66. The van der Waals surface area contributed by atoms with E-state index in [9.17, 15) is 8.78 Å². The van der Waals surface area contributed by atoms with Crippen molar-refractivity contribution in [1.29, 1.82) is 0 Å². The molecule has 0 aromatic heterocycles. The van der Waals surface area contributed by atoms with Crippen molar-refractivity contribution >= 4 is 0 Å². The van der Waals surface area contributed by atoms with Crippen LogP contribution < -0.4 is 10.5 Å². The smallest absolute Gasteiger partial charge is 0.387 e. The van der Waals surface area contributed by atoms with Gasteiger partial charge in [-0.05, 0) is 30.5 Å². The molecule has 1 aliphatic rings. The Kier molecular flexibility index (Phi) is 3.62. The molecule has 94 valence electrons.